The smallest absolute Gasteiger partial charge is 0.122 e. The minimum absolute atomic E-state index is 0.507. The van der Waals surface area contributed by atoms with Crippen LogP contribution in [0.3, 0.4) is 0 Å². The molecular weight excluding hydrogens is 328 g/mol. The predicted molar refractivity (Wildman–Crippen MR) is 81.1 cm³/mol. The molecule has 2 rings (SSSR count). The number of halogens is 2. The fraction of sp³-hybridized carbons (Fsp3) is 0.200. The molecule has 19 heavy (non-hydrogen) atoms. The molecule has 0 bridgehead atoms. The van der Waals surface area contributed by atoms with Crippen molar-refractivity contribution in [1.82, 2.24) is 0 Å². The highest BCUT2D eigenvalue weighted by molar-refractivity contribution is 9.10. The SMILES string of the molecule is ClCc1ccc(OCCOc2cccc(Br)c2)cc1. The minimum Gasteiger partial charge on any atom is -0.490 e. The molecule has 0 aliphatic heterocycles. The van der Waals surface area contributed by atoms with Crippen LogP contribution in [-0.4, -0.2) is 13.2 Å². The molecule has 100 valence electrons. The summed E-state index contributed by atoms with van der Waals surface area (Å²) in [7, 11) is 0. The molecule has 0 saturated heterocycles. The van der Waals surface area contributed by atoms with Crippen LogP contribution in [0, 0.1) is 0 Å². The summed E-state index contributed by atoms with van der Waals surface area (Å²) in [5.41, 5.74) is 1.08. The average Bonchev–Trinajstić information content (AvgIpc) is 2.44. The Morgan fingerprint density at radius 3 is 2.21 bits per heavy atom. The average molecular weight is 342 g/mol. The normalized spacial score (nSPS) is 10.2. The van der Waals surface area contributed by atoms with Gasteiger partial charge in [-0.3, -0.25) is 0 Å². The molecule has 0 saturated carbocycles. The van der Waals surface area contributed by atoms with Crippen molar-refractivity contribution in [1.29, 1.82) is 0 Å². The van der Waals surface area contributed by atoms with Crippen molar-refractivity contribution >= 4 is 27.5 Å². The van der Waals surface area contributed by atoms with Gasteiger partial charge in [0.2, 0.25) is 0 Å². The fourth-order valence-electron chi connectivity index (χ4n) is 1.55. The third-order valence-corrected chi connectivity index (χ3v) is 3.30. The van der Waals surface area contributed by atoms with Gasteiger partial charge in [0.15, 0.2) is 0 Å². The summed E-state index contributed by atoms with van der Waals surface area (Å²) in [5, 5.41) is 0. The van der Waals surface area contributed by atoms with E-state index in [4.69, 9.17) is 21.1 Å². The number of benzene rings is 2. The monoisotopic (exact) mass is 340 g/mol. The Kier molecular flexibility index (Phi) is 5.55. The zero-order valence-corrected chi connectivity index (χ0v) is 12.7. The van der Waals surface area contributed by atoms with Crippen LogP contribution in [0.25, 0.3) is 0 Å². The van der Waals surface area contributed by atoms with Crippen molar-refractivity contribution in [2.75, 3.05) is 13.2 Å². The predicted octanol–water partition coefficient (Wildman–Crippen LogP) is 4.65. The summed E-state index contributed by atoms with van der Waals surface area (Å²) in [6.07, 6.45) is 0. The first-order valence-corrected chi connectivity index (χ1v) is 7.27. The van der Waals surface area contributed by atoms with Gasteiger partial charge in [-0.15, -0.1) is 11.6 Å². The van der Waals surface area contributed by atoms with E-state index >= 15 is 0 Å². The Bertz CT molecular complexity index is 514. The van der Waals surface area contributed by atoms with Crippen LogP contribution in [0.15, 0.2) is 53.0 Å². The second-order valence-corrected chi connectivity index (χ2v) is 5.11. The maximum Gasteiger partial charge on any atom is 0.122 e. The van der Waals surface area contributed by atoms with E-state index in [0.717, 1.165) is 21.5 Å². The molecule has 2 aromatic rings. The molecule has 2 nitrogen and oxygen atoms in total. The van der Waals surface area contributed by atoms with Crippen LogP contribution >= 0.6 is 27.5 Å². The van der Waals surface area contributed by atoms with Gasteiger partial charge in [0.05, 0.1) is 0 Å². The van der Waals surface area contributed by atoms with E-state index in [-0.39, 0.29) is 0 Å². The van der Waals surface area contributed by atoms with Gasteiger partial charge in [-0.05, 0) is 35.9 Å². The Labute approximate surface area is 126 Å². The second kappa shape index (κ2) is 7.41. The van der Waals surface area contributed by atoms with Gasteiger partial charge < -0.3 is 9.47 Å². The van der Waals surface area contributed by atoms with Gasteiger partial charge in [0, 0.05) is 10.4 Å². The Hall–Kier alpha value is -1.19. The zero-order valence-electron chi connectivity index (χ0n) is 10.3. The molecule has 0 spiro atoms. The lowest BCUT2D eigenvalue weighted by molar-refractivity contribution is 0.217. The van der Waals surface area contributed by atoms with Gasteiger partial charge >= 0.3 is 0 Å². The third kappa shape index (κ3) is 4.77. The molecule has 0 N–H and O–H groups in total. The van der Waals surface area contributed by atoms with Crippen LogP contribution < -0.4 is 9.47 Å². The lowest BCUT2D eigenvalue weighted by Gasteiger charge is -2.08. The Morgan fingerprint density at radius 2 is 1.58 bits per heavy atom. The molecule has 0 radical (unpaired) electrons. The topological polar surface area (TPSA) is 18.5 Å². The number of rotatable bonds is 6. The largest absolute Gasteiger partial charge is 0.490 e. The van der Waals surface area contributed by atoms with Gasteiger partial charge in [0.25, 0.3) is 0 Å². The maximum atomic E-state index is 5.72. The summed E-state index contributed by atoms with van der Waals surface area (Å²) >= 11 is 9.12. The third-order valence-electron chi connectivity index (χ3n) is 2.49. The summed E-state index contributed by atoms with van der Waals surface area (Å²) < 4.78 is 12.2. The van der Waals surface area contributed by atoms with Gasteiger partial charge in [-0.1, -0.05) is 34.1 Å². The Balaban J connectivity index is 1.74. The number of hydrogen-bond acceptors (Lipinski definition) is 2. The van der Waals surface area contributed by atoms with E-state index in [1.807, 2.05) is 48.5 Å². The lowest BCUT2D eigenvalue weighted by atomic mass is 10.2. The van der Waals surface area contributed by atoms with Crippen molar-refractivity contribution in [2.24, 2.45) is 0 Å². The molecule has 0 aromatic heterocycles. The lowest BCUT2D eigenvalue weighted by Crippen LogP contribution is -2.08. The first-order chi connectivity index (χ1) is 9.28. The second-order valence-electron chi connectivity index (χ2n) is 3.93. The molecule has 0 aliphatic rings. The number of alkyl halides is 1. The van der Waals surface area contributed by atoms with E-state index in [1.54, 1.807) is 0 Å². The van der Waals surface area contributed by atoms with E-state index in [1.165, 1.54) is 0 Å². The van der Waals surface area contributed by atoms with Crippen molar-refractivity contribution in [3.05, 3.63) is 58.6 Å². The number of ether oxygens (including phenoxy) is 2. The molecular formula is C15H14BrClO2. The highest BCUT2D eigenvalue weighted by Crippen LogP contribution is 2.18. The molecule has 0 unspecified atom stereocenters. The van der Waals surface area contributed by atoms with Crippen molar-refractivity contribution in [3.63, 3.8) is 0 Å². The molecule has 0 fully saturated rings. The van der Waals surface area contributed by atoms with Crippen LogP contribution in [0.2, 0.25) is 0 Å². The molecule has 4 heteroatoms. The zero-order chi connectivity index (χ0) is 13.5. The molecule has 0 aliphatic carbocycles. The van der Waals surface area contributed by atoms with Crippen molar-refractivity contribution < 1.29 is 9.47 Å². The summed E-state index contributed by atoms with van der Waals surface area (Å²) in [6, 6.07) is 15.5. The van der Waals surface area contributed by atoms with Gasteiger partial charge in [-0.25, -0.2) is 0 Å². The standard InChI is InChI=1S/C15H14BrClO2/c16-13-2-1-3-15(10-13)19-9-8-18-14-6-4-12(11-17)5-7-14/h1-7,10H,8-9,11H2. The number of hydrogen-bond donors (Lipinski definition) is 0. The van der Waals surface area contributed by atoms with Crippen molar-refractivity contribution in [3.8, 4) is 11.5 Å². The maximum absolute atomic E-state index is 5.72. The Morgan fingerprint density at radius 1 is 0.895 bits per heavy atom. The highest BCUT2D eigenvalue weighted by atomic mass is 79.9. The van der Waals surface area contributed by atoms with E-state index in [0.29, 0.717) is 19.1 Å². The summed E-state index contributed by atoms with van der Waals surface area (Å²) in [4.78, 5) is 0. The van der Waals surface area contributed by atoms with Crippen LogP contribution in [0.1, 0.15) is 5.56 Å². The summed E-state index contributed by atoms with van der Waals surface area (Å²) in [6.45, 7) is 1.01. The van der Waals surface area contributed by atoms with Crippen LogP contribution in [0.5, 0.6) is 11.5 Å². The van der Waals surface area contributed by atoms with Crippen molar-refractivity contribution in [2.45, 2.75) is 5.88 Å². The molecule has 0 amide bonds. The van der Waals surface area contributed by atoms with Gasteiger partial charge in [0.1, 0.15) is 24.7 Å². The van der Waals surface area contributed by atoms with E-state index < -0.39 is 0 Å². The molecule has 2 aromatic carbocycles. The first kappa shape index (κ1) is 14.2. The highest BCUT2D eigenvalue weighted by Gasteiger charge is 1.97. The summed E-state index contributed by atoms with van der Waals surface area (Å²) in [5.74, 6) is 2.17. The van der Waals surface area contributed by atoms with Gasteiger partial charge in [-0.2, -0.15) is 0 Å². The van der Waals surface area contributed by atoms with E-state index in [2.05, 4.69) is 15.9 Å². The van der Waals surface area contributed by atoms with Crippen LogP contribution in [0.4, 0.5) is 0 Å². The molecule has 0 heterocycles. The fourth-order valence-corrected chi connectivity index (χ4v) is 2.11. The van der Waals surface area contributed by atoms with E-state index in [9.17, 15) is 0 Å². The molecule has 0 atom stereocenters. The first-order valence-electron chi connectivity index (χ1n) is 5.94. The minimum atomic E-state index is 0.507. The quantitative estimate of drug-likeness (QED) is 0.562. The van der Waals surface area contributed by atoms with Crippen LogP contribution in [-0.2, 0) is 5.88 Å².